The van der Waals surface area contributed by atoms with Gasteiger partial charge in [0.2, 0.25) is 0 Å². The van der Waals surface area contributed by atoms with Crippen molar-refractivity contribution in [1.82, 2.24) is 5.32 Å². The summed E-state index contributed by atoms with van der Waals surface area (Å²) in [6.07, 6.45) is 7.07. The predicted octanol–water partition coefficient (Wildman–Crippen LogP) is 4.57. The van der Waals surface area contributed by atoms with E-state index in [9.17, 15) is 0 Å². The molecule has 0 amide bonds. The van der Waals surface area contributed by atoms with Gasteiger partial charge in [-0.25, -0.2) is 0 Å². The first-order valence-electron chi connectivity index (χ1n) is 8.19. The topological polar surface area (TPSA) is 21.3 Å². The average molecular weight is 285 g/mol. The van der Waals surface area contributed by atoms with Crippen LogP contribution in [0.5, 0.6) is 5.75 Å². The van der Waals surface area contributed by atoms with E-state index in [-0.39, 0.29) is 0 Å². The van der Waals surface area contributed by atoms with Crippen molar-refractivity contribution >= 4 is 5.57 Å². The number of benzene rings is 1. The van der Waals surface area contributed by atoms with Crippen LogP contribution in [0.2, 0.25) is 0 Å². The van der Waals surface area contributed by atoms with Gasteiger partial charge in [-0.2, -0.15) is 0 Å². The fourth-order valence-electron chi connectivity index (χ4n) is 2.79. The fourth-order valence-corrected chi connectivity index (χ4v) is 2.79. The number of ether oxygens (including phenoxy) is 1. The number of unbranched alkanes of at least 4 members (excludes halogenated alkanes) is 1. The first-order valence-corrected chi connectivity index (χ1v) is 8.19. The Bertz CT molecular complexity index is 482. The summed E-state index contributed by atoms with van der Waals surface area (Å²) >= 11 is 0. The van der Waals surface area contributed by atoms with Crippen LogP contribution in [0.25, 0.3) is 5.57 Å². The van der Waals surface area contributed by atoms with Gasteiger partial charge in [-0.05, 0) is 38.3 Å². The summed E-state index contributed by atoms with van der Waals surface area (Å²) in [5, 5.41) is 3.60. The van der Waals surface area contributed by atoms with Gasteiger partial charge in [0.05, 0.1) is 6.61 Å². The third-order valence-corrected chi connectivity index (χ3v) is 4.04. The monoisotopic (exact) mass is 285 g/mol. The Balaban J connectivity index is 2.08. The van der Waals surface area contributed by atoms with E-state index in [1.165, 1.54) is 24.8 Å². The first-order chi connectivity index (χ1) is 10.3. The van der Waals surface area contributed by atoms with E-state index in [2.05, 4.69) is 42.7 Å². The van der Waals surface area contributed by atoms with E-state index in [0.717, 1.165) is 43.7 Å². The quantitative estimate of drug-likeness (QED) is 0.585. The average Bonchev–Trinajstić information content (AvgIpc) is 2.54. The van der Waals surface area contributed by atoms with E-state index >= 15 is 0 Å². The van der Waals surface area contributed by atoms with E-state index < -0.39 is 0 Å². The Labute approximate surface area is 128 Å². The molecule has 21 heavy (non-hydrogen) atoms. The predicted molar refractivity (Wildman–Crippen MR) is 89.7 cm³/mol. The van der Waals surface area contributed by atoms with Gasteiger partial charge in [0.1, 0.15) is 5.75 Å². The van der Waals surface area contributed by atoms with Gasteiger partial charge < -0.3 is 10.1 Å². The number of hydrogen-bond acceptors (Lipinski definition) is 2. The lowest BCUT2D eigenvalue weighted by atomic mass is 9.94. The fraction of sp³-hybridized carbons (Fsp3) is 0.526. The van der Waals surface area contributed by atoms with E-state index in [1.807, 2.05) is 6.07 Å². The van der Waals surface area contributed by atoms with Crippen molar-refractivity contribution in [2.45, 2.75) is 51.5 Å². The Morgan fingerprint density at radius 3 is 2.95 bits per heavy atom. The van der Waals surface area contributed by atoms with Crippen LogP contribution >= 0.6 is 0 Å². The lowest BCUT2D eigenvalue weighted by Crippen LogP contribution is -2.33. The number of nitrogens with one attached hydrogen (secondary N) is 1. The number of para-hydroxylation sites is 1. The van der Waals surface area contributed by atoms with Crippen molar-refractivity contribution in [3.05, 3.63) is 42.1 Å². The van der Waals surface area contributed by atoms with Crippen LogP contribution in [0.1, 0.15) is 51.0 Å². The normalized spacial score (nSPS) is 18.0. The molecular formula is C19H27NO. The smallest absolute Gasteiger partial charge is 0.127 e. The molecule has 1 fully saturated rings. The molecule has 1 unspecified atom stereocenters. The molecule has 1 aliphatic rings. The molecular weight excluding hydrogens is 258 g/mol. The minimum Gasteiger partial charge on any atom is -0.493 e. The summed E-state index contributed by atoms with van der Waals surface area (Å²) in [5.74, 6) is 0.966. The molecule has 1 N–H and O–H groups in total. The van der Waals surface area contributed by atoms with Gasteiger partial charge in [0.25, 0.3) is 0 Å². The number of piperidine rings is 1. The Morgan fingerprint density at radius 1 is 1.38 bits per heavy atom. The maximum Gasteiger partial charge on any atom is 0.127 e. The second kappa shape index (κ2) is 8.71. The molecule has 1 aromatic rings. The minimum absolute atomic E-state index is 0.548. The van der Waals surface area contributed by atoms with Gasteiger partial charge in [-0.15, -0.1) is 5.73 Å². The minimum atomic E-state index is 0.548. The van der Waals surface area contributed by atoms with Crippen molar-refractivity contribution in [3.8, 4) is 5.75 Å². The van der Waals surface area contributed by atoms with Crippen molar-refractivity contribution in [3.63, 3.8) is 0 Å². The molecule has 1 aromatic carbocycles. The number of hydrogen-bond donors (Lipinski definition) is 1. The summed E-state index contributed by atoms with van der Waals surface area (Å²) in [5.41, 5.74) is 5.46. The molecule has 0 saturated carbocycles. The highest BCUT2D eigenvalue weighted by Gasteiger charge is 2.17. The van der Waals surface area contributed by atoms with E-state index in [0.29, 0.717) is 6.04 Å². The molecule has 1 aliphatic heterocycles. The summed E-state index contributed by atoms with van der Waals surface area (Å²) < 4.78 is 5.94. The maximum absolute atomic E-state index is 5.94. The van der Waals surface area contributed by atoms with Crippen LogP contribution < -0.4 is 10.1 Å². The largest absolute Gasteiger partial charge is 0.493 e. The van der Waals surface area contributed by atoms with Crippen LogP contribution in [0.4, 0.5) is 0 Å². The van der Waals surface area contributed by atoms with Gasteiger partial charge in [0.15, 0.2) is 0 Å². The standard InChI is InChI=1S/C19H27NO/c1-3-5-14-21-19-12-7-6-11-18(19)16(4-2)15-17-10-8-9-13-20-17/h6-7,11-12,17,20H,2-3,5,8-10,13-15H2,1H3. The summed E-state index contributed by atoms with van der Waals surface area (Å²) in [7, 11) is 0. The Hall–Kier alpha value is -1.50. The van der Waals surface area contributed by atoms with Crippen LogP contribution in [-0.4, -0.2) is 19.2 Å². The number of rotatable bonds is 7. The van der Waals surface area contributed by atoms with Gasteiger partial charge >= 0.3 is 0 Å². The molecule has 1 heterocycles. The molecule has 1 atom stereocenters. The van der Waals surface area contributed by atoms with Crippen molar-refractivity contribution in [2.75, 3.05) is 13.2 Å². The molecule has 0 spiro atoms. The summed E-state index contributed by atoms with van der Waals surface area (Å²) in [6, 6.07) is 8.82. The Morgan fingerprint density at radius 2 is 2.24 bits per heavy atom. The molecule has 0 aromatic heterocycles. The molecule has 1 saturated heterocycles. The van der Waals surface area contributed by atoms with Gasteiger partial charge in [-0.3, -0.25) is 0 Å². The lowest BCUT2D eigenvalue weighted by Gasteiger charge is -2.24. The van der Waals surface area contributed by atoms with Crippen LogP contribution in [0.3, 0.4) is 0 Å². The molecule has 2 rings (SSSR count). The SMILES string of the molecule is C=C=C(CC1CCCCN1)c1ccccc1OCCCC. The maximum atomic E-state index is 5.94. The molecule has 0 aliphatic carbocycles. The zero-order valence-corrected chi connectivity index (χ0v) is 13.2. The molecule has 2 heteroatoms. The molecule has 2 nitrogen and oxygen atoms in total. The third kappa shape index (κ3) is 4.77. The molecule has 114 valence electrons. The van der Waals surface area contributed by atoms with Crippen molar-refractivity contribution in [2.24, 2.45) is 0 Å². The third-order valence-electron chi connectivity index (χ3n) is 4.04. The van der Waals surface area contributed by atoms with Crippen molar-refractivity contribution in [1.29, 1.82) is 0 Å². The highest BCUT2D eigenvalue weighted by atomic mass is 16.5. The second-order valence-electron chi connectivity index (χ2n) is 5.70. The van der Waals surface area contributed by atoms with Crippen LogP contribution in [0.15, 0.2) is 36.6 Å². The first kappa shape index (κ1) is 15.9. The highest BCUT2D eigenvalue weighted by molar-refractivity contribution is 5.70. The highest BCUT2D eigenvalue weighted by Crippen LogP contribution is 2.30. The van der Waals surface area contributed by atoms with Crippen molar-refractivity contribution < 1.29 is 4.74 Å². The van der Waals surface area contributed by atoms with Crippen LogP contribution in [0, 0.1) is 0 Å². The van der Waals surface area contributed by atoms with Gasteiger partial charge in [-0.1, -0.05) is 44.5 Å². The molecule has 0 radical (unpaired) electrons. The Kier molecular flexibility index (Phi) is 6.59. The summed E-state index contributed by atoms with van der Waals surface area (Å²) in [6.45, 7) is 7.98. The van der Waals surface area contributed by atoms with E-state index in [1.54, 1.807) is 0 Å². The summed E-state index contributed by atoms with van der Waals surface area (Å²) in [4.78, 5) is 0. The van der Waals surface area contributed by atoms with Crippen LogP contribution in [-0.2, 0) is 0 Å². The lowest BCUT2D eigenvalue weighted by molar-refractivity contribution is 0.308. The second-order valence-corrected chi connectivity index (χ2v) is 5.70. The zero-order chi connectivity index (χ0) is 14.9. The van der Waals surface area contributed by atoms with Gasteiger partial charge in [0, 0.05) is 17.2 Å². The van der Waals surface area contributed by atoms with E-state index in [4.69, 9.17) is 4.74 Å². The zero-order valence-electron chi connectivity index (χ0n) is 13.2. The molecule has 0 bridgehead atoms.